The lowest BCUT2D eigenvalue weighted by Crippen LogP contribution is -2.19. The number of hydrogen-bond acceptors (Lipinski definition) is 4. The molecule has 0 atom stereocenters. The molecule has 0 aliphatic carbocycles. The summed E-state index contributed by atoms with van der Waals surface area (Å²) < 4.78 is 13.2. The van der Waals surface area contributed by atoms with Crippen molar-refractivity contribution in [1.29, 1.82) is 0 Å². The number of phosphoric acid groups is 1. The van der Waals surface area contributed by atoms with Gasteiger partial charge < -0.3 is 29.6 Å². The monoisotopic (exact) mass is 214 g/mol. The third-order valence-electron chi connectivity index (χ3n) is 0.642. The first kappa shape index (κ1) is 14.9. The first-order valence-electron chi connectivity index (χ1n) is 2.96. The fourth-order valence-electron chi connectivity index (χ4n) is 0.228. The average molecular weight is 214 g/mol. The molecule has 8 heteroatoms. The normalized spacial score (nSPS) is 9.92. The molecule has 0 aliphatic heterocycles. The summed E-state index contributed by atoms with van der Waals surface area (Å²) in [4.78, 5) is 21.6. The average Bonchev–Trinajstić information content (AvgIpc) is 1.97. The van der Waals surface area contributed by atoms with E-state index in [1.165, 1.54) is 0 Å². The van der Waals surface area contributed by atoms with Crippen molar-refractivity contribution < 1.29 is 34.2 Å². The van der Waals surface area contributed by atoms with E-state index >= 15 is 0 Å². The summed E-state index contributed by atoms with van der Waals surface area (Å²) in [6.07, 6.45) is 5.91. The number of ether oxygens (including phenoxy) is 1. The van der Waals surface area contributed by atoms with Crippen molar-refractivity contribution in [1.82, 2.24) is 0 Å². The Hall–Kier alpha value is -0.610. The van der Waals surface area contributed by atoms with E-state index in [0.717, 1.165) is 0 Å². The molecule has 0 heterocycles. The number of hydrogen-bond donors (Lipinski definition) is 5. The molecule has 7 nitrogen and oxygen atoms in total. The molecule has 0 saturated carbocycles. The van der Waals surface area contributed by atoms with Gasteiger partial charge >= 0.3 is 7.82 Å². The Morgan fingerprint density at radius 2 is 1.62 bits per heavy atom. The minimum absolute atomic E-state index is 0.249. The number of rotatable bonds is 3. The van der Waals surface area contributed by atoms with Gasteiger partial charge in [-0.25, -0.2) is 4.57 Å². The van der Waals surface area contributed by atoms with Gasteiger partial charge in [-0.3, -0.25) is 0 Å². The summed E-state index contributed by atoms with van der Waals surface area (Å²) in [6.45, 7) is -0.499. The van der Waals surface area contributed by atoms with Crippen molar-refractivity contribution in [3.63, 3.8) is 0 Å². The molecule has 0 aliphatic rings. The molecule has 0 radical (unpaired) electrons. The molecule has 0 amide bonds. The predicted octanol–water partition coefficient (Wildman–Crippen LogP) is -1.98. The molecule has 0 aromatic heterocycles. The summed E-state index contributed by atoms with van der Waals surface area (Å²) in [5.74, 6) is 0. The molecule has 0 bridgehead atoms. The smallest absolute Gasteiger partial charge is 0.439 e. The molecule has 0 fully saturated rings. The Morgan fingerprint density at radius 1 is 1.31 bits per heavy atom. The van der Waals surface area contributed by atoms with Gasteiger partial charge in [0, 0.05) is 0 Å². The van der Waals surface area contributed by atoms with E-state index in [-0.39, 0.29) is 13.2 Å². The molecule has 0 saturated heterocycles. The zero-order chi connectivity index (χ0) is 10.9. The highest BCUT2D eigenvalue weighted by Gasteiger charge is 2.02. The van der Waals surface area contributed by atoms with Gasteiger partial charge in [0.15, 0.2) is 6.10 Å². The van der Waals surface area contributed by atoms with E-state index in [1.807, 2.05) is 6.11 Å². The predicted molar refractivity (Wildman–Crippen MR) is 42.1 cm³/mol. The molecule has 0 aromatic carbocycles. The van der Waals surface area contributed by atoms with Crippen molar-refractivity contribution in [2.75, 3.05) is 13.2 Å². The zero-order valence-corrected chi connectivity index (χ0v) is 7.46. The molecule has 13 heavy (non-hydrogen) atoms. The second-order valence-electron chi connectivity index (χ2n) is 1.74. The first-order valence-corrected chi connectivity index (χ1v) is 4.53. The van der Waals surface area contributed by atoms with Crippen molar-refractivity contribution in [2.45, 2.75) is 6.10 Å². The van der Waals surface area contributed by atoms with Gasteiger partial charge in [-0.1, -0.05) is 6.42 Å². The van der Waals surface area contributed by atoms with Crippen LogP contribution in [0.4, 0.5) is 0 Å². The Balaban J connectivity index is 0. The Morgan fingerprint density at radius 3 is 1.69 bits per heavy atom. The summed E-state index contributed by atoms with van der Waals surface area (Å²) in [5.41, 5.74) is 0. The third kappa shape index (κ3) is 24.6. The highest BCUT2D eigenvalue weighted by atomic mass is 31.2. The van der Waals surface area contributed by atoms with E-state index in [1.54, 1.807) is 0 Å². The fourth-order valence-corrected chi connectivity index (χ4v) is 0.228. The number of aliphatic hydroxyl groups is 2. The second-order valence-corrected chi connectivity index (χ2v) is 2.76. The van der Waals surface area contributed by atoms with Crippen LogP contribution in [0, 0.1) is 12.5 Å². The van der Waals surface area contributed by atoms with Crippen molar-refractivity contribution in [3.05, 3.63) is 0 Å². The van der Waals surface area contributed by atoms with Crippen LogP contribution in [0.2, 0.25) is 0 Å². The van der Waals surface area contributed by atoms with E-state index in [4.69, 9.17) is 29.5 Å². The lowest BCUT2D eigenvalue weighted by molar-refractivity contribution is 0.0436. The molecule has 0 unspecified atom stereocenters. The molecular weight excluding hydrogens is 203 g/mol. The summed E-state index contributed by atoms with van der Waals surface area (Å²) in [5, 5.41) is 16.6. The quantitative estimate of drug-likeness (QED) is 0.272. The van der Waals surface area contributed by atoms with Crippen molar-refractivity contribution >= 4 is 7.82 Å². The Kier molecular flexibility index (Phi) is 9.17. The lowest BCUT2D eigenvalue weighted by Gasteiger charge is -2.05. The van der Waals surface area contributed by atoms with Crippen molar-refractivity contribution in [3.8, 4) is 12.5 Å². The van der Waals surface area contributed by atoms with Crippen LogP contribution in [0.15, 0.2) is 0 Å². The van der Waals surface area contributed by atoms with Crippen LogP contribution in [-0.2, 0) is 9.30 Å². The maximum absolute atomic E-state index is 8.88. The maximum atomic E-state index is 8.88. The molecule has 5 N–H and O–H groups in total. The van der Waals surface area contributed by atoms with Gasteiger partial charge in [0.1, 0.15) is 6.11 Å². The SMILES string of the molecule is C#COC(CO)CO.O=P(O)(O)O. The topological polar surface area (TPSA) is 127 Å². The maximum Gasteiger partial charge on any atom is 0.466 e. The van der Waals surface area contributed by atoms with Gasteiger partial charge in [0.2, 0.25) is 0 Å². The van der Waals surface area contributed by atoms with Crippen LogP contribution in [0.25, 0.3) is 0 Å². The van der Waals surface area contributed by atoms with Gasteiger partial charge in [-0.15, -0.1) is 0 Å². The number of terminal acetylenes is 1. The van der Waals surface area contributed by atoms with Crippen LogP contribution in [-0.4, -0.2) is 44.2 Å². The summed E-state index contributed by atoms with van der Waals surface area (Å²) >= 11 is 0. The fraction of sp³-hybridized carbons (Fsp3) is 0.600. The molecular formula is C5H11O7P. The Bertz CT molecular complexity index is 179. The minimum atomic E-state index is -4.64. The summed E-state index contributed by atoms with van der Waals surface area (Å²) in [6, 6.07) is 0. The van der Waals surface area contributed by atoms with Crippen LogP contribution in [0.3, 0.4) is 0 Å². The van der Waals surface area contributed by atoms with Gasteiger partial charge in [0.05, 0.1) is 13.2 Å². The second kappa shape index (κ2) is 8.01. The van der Waals surface area contributed by atoms with E-state index in [9.17, 15) is 0 Å². The zero-order valence-electron chi connectivity index (χ0n) is 6.57. The van der Waals surface area contributed by atoms with Crippen LogP contribution >= 0.6 is 7.82 Å². The highest BCUT2D eigenvalue weighted by molar-refractivity contribution is 7.45. The lowest BCUT2D eigenvalue weighted by atomic mass is 10.4. The van der Waals surface area contributed by atoms with Crippen LogP contribution < -0.4 is 0 Å². The number of aliphatic hydroxyl groups excluding tert-OH is 2. The standard InChI is InChI=1S/C5H8O3.H3O4P/c1-2-8-5(3-6)4-7;1-5(2,3)4/h1,5-7H,3-4H2;(H3,1,2,3,4). The largest absolute Gasteiger partial charge is 0.466 e. The van der Waals surface area contributed by atoms with E-state index in [2.05, 4.69) is 11.2 Å². The van der Waals surface area contributed by atoms with Gasteiger partial charge in [-0.05, 0) is 0 Å². The van der Waals surface area contributed by atoms with E-state index in [0.29, 0.717) is 0 Å². The van der Waals surface area contributed by atoms with Crippen LogP contribution in [0.1, 0.15) is 0 Å². The van der Waals surface area contributed by atoms with Crippen molar-refractivity contribution in [2.24, 2.45) is 0 Å². The molecule has 0 spiro atoms. The first-order chi connectivity index (χ1) is 5.85. The van der Waals surface area contributed by atoms with E-state index < -0.39 is 13.9 Å². The van der Waals surface area contributed by atoms with Gasteiger partial charge in [0.25, 0.3) is 0 Å². The molecule has 78 valence electrons. The third-order valence-corrected chi connectivity index (χ3v) is 0.642. The molecule has 0 rings (SSSR count). The molecule has 0 aromatic rings. The summed E-state index contributed by atoms with van der Waals surface area (Å²) in [7, 11) is -4.64. The van der Waals surface area contributed by atoms with Crippen LogP contribution in [0.5, 0.6) is 0 Å². The minimum Gasteiger partial charge on any atom is -0.439 e. The Labute approximate surface area is 74.8 Å². The van der Waals surface area contributed by atoms with Gasteiger partial charge in [-0.2, -0.15) is 0 Å². The highest BCUT2D eigenvalue weighted by Crippen LogP contribution is 2.25.